The van der Waals surface area contributed by atoms with Gasteiger partial charge in [-0.1, -0.05) is 11.3 Å². The largest absolute Gasteiger partial charge is 0.478 e. The van der Waals surface area contributed by atoms with Crippen LogP contribution in [0.1, 0.15) is 29.2 Å². The van der Waals surface area contributed by atoms with E-state index in [-0.39, 0.29) is 11.5 Å². The molecule has 0 bridgehead atoms. The molecule has 1 unspecified atom stereocenters. The molecule has 1 amide bonds. The molecule has 7 nitrogen and oxygen atoms in total. The minimum atomic E-state index is -1.05. The third-order valence-electron chi connectivity index (χ3n) is 3.27. The van der Waals surface area contributed by atoms with Gasteiger partial charge in [-0.05, 0) is 25.0 Å². The molecule has 1 saturated heterocycles. The SMILES string of the molecule is O=C(O)c1cccc2nnn(C3CCCNC3=O)c12. The van der Waals surface area contributed by atoms with Crippen molar-refractivity contribution in [2.45, 2.75) is 18.9 Å². The maximum absolute atomic E-state index is 11.9. The molecule has 0 radical (unpaired) electrons. The van der Waals surface area contributed by atoms with Gasteiger partial charge in [0.2, 0.25) is 5.91 Å². The Hall–Kier alpha value is -2.44. The third-order valence-corrected chi connectivity index (χ3v) is 3.27. The number of aromatic carboxylic acids is 1. The lowest BCUT2D eigenvalue weighted by molar-refractivity contribution is -0.126. The number of nitrogens with zero attached hydrogens (tertiary/aromatic N) is 3. The molecule has 0 saturated carbocycles. The molecule has 0 spiro atoms. The molecule has 1 aromatic heterocycles. The van der Waals surface area contributed by atoms with Gasteiger partial charge in [0.05, 0.1) is 5.56 Å². The van der Waals surface area contributed by atoms with Crippen molar-refractivity contribution < 1.29 is 14.7 Å². The van der Waals surface area contributed by atoms with Gasteiger partial charge in [0.25, 0.3) is 0 Å². The Bertz CT molecular complexity index is 664. The predicted molar refractivity (Wildman–Crippen MR) is 65.8 cm³/mol. The van der Waals surface area contributed by atoms with Crippen LogP contribution >= 0.6 is 0 Å². The van der Waals surface area contributed by atoms with Crippen molar-refractivity contribution in [3.63, 3.8) is 0 Å². The lowest BCUT2D eigenvalue weighted by Gasteiger charge is -2.22. The van der Waals surface area contributed by atoms with Crippen LogP contribution in [0.3, 0.4) is 0 Å². The molecule has 0 aliphatic carbocycles. The molecule has 1 fully saturated rings. The number of carbonyl (C=O) groups is 2. The van der Waals surface area contributed by atoms with E-state index in [4.69, 9.17) is 0 Å². The highest BCUT2D eigenvalue weighted by atomic mass is 16.4. The van der Waals surface area contributed by atoms with Gasteiger partial charge in [-0.3, -0.25) is 4.79 Å². The van der Waals surface area contributed by atoms with Gasteiger partial charge in [-0.25, -0.2) is 9.48 Å². The van der Waals surface area contributed by atoms with Crippen molar-refractivity contribution in [3.05, 3.63) is 23.8 Å². The topological polar surface area (TPSA) is 97.1 Å². The normalized spacial score (nSPS) is 19.4. The number of nitrogens with one attached hydrogen (secondary N) is 1. The van der Waals surface area contributed by atoms with E-state index < -0.39 is 12.0 Å². The summed E-state index contributed by atoms with van der Waals surface area (Å²) in [5.74, 6) is -1.19. The number of aromatic nitrogens is 3. The van der Waals surface area contributed by atoms with Crippen molar-refractivity contribution in [2.24, 2.45) is 0 Å². The quantitative estimate of drug-likeness (QED) is 0.823. The van der Waals surface area contributed by atoms with Crippen LogP contribution in [-0.4, -0.2) is 38.5 Å². The fourth-order valence-corrected chi connectivity index (χ4v) is 2.37. The van der Waals surface area contributed by atoms with Gasteiger partial charge in [-0.2, -0.15) is 0 Å². The number of piperidine rings is 1. The van der Waals surface area contributed by atoms with Crippen molar-refractivity contribution >= 4 is 22.9 Å². The highest BCUT2D eigenvalue weighted by Gasteiger charge is 2.28. The number of carboxylic acids is 1. The van der Waals surface area contributed by atoms with E-state index in [1.807, 2.05) is 0 Å². The molecule has 2 aromatic rings. The minimum Gasteiger partial charge on any atom is -0.478 e. The van der Waals surface area contributed by atoms with Crippen molar-refractivity contribution in [3.8, 4) is 0 Å². The Morgan fingerprint density at radius 2 is 2.32 bits per heavy atom. The van der Waals surface area contributed by atoms with E-state index >= 15 is 0 Å². The van der Waals surface area contributed by atoms with Gasteiger partial charge in [0.15, 0.2) is 0 Å². The van der Waals surface area contributed by atoms with Gasteiger partial charge in [-0.15, -0.1) is 5.10 Å². The molecule has 2 N–H and O–H groups in total. The summed E-state index contributed by atoms with van der Waals surface area (Å²) in [6.07, 6.45) is 1.48. The number of hydrogen-bond donors (Lipinski definition) is 2. The summed E-state index contributed by atoms with van der Waals surface area (Å²) >= 11 is 0. The van der Waals surface area contributed by atoms with Gasteiger partial charge in [0, 0.05) is 6.54 Å². The number of hydrogen-bond acceptors (Lipinski definition) is 4. The molecule has 19 heavy (non-hydrogen) atoms. The molecular weight excluding hydrogens is 248 g/mol. The van der Waals surface area contributed by atoms with Crippen LogP contribution < -0.4 is 5.32 Å². The monoisotopic (exact) mass is 260 g/mol. The molecule has 1 aliphatic heterocycles. The van der Waals surface area contributed by atoms with Crippen LogP contribution in [0, 0.1) is 0 Å². The Morgan fingerprint density at radius 3 is 3.05 bits per heavy atom. The summed E-state index contributed by atoms with van der Waals surface area (Å²) in [5.41, 5.74) is 0.996. The number of amides is 1. The summed E-state index contributed by atoms with van der Waals surface area (Å²) in [6.45, 7) is 0.647. The van der Waals surface area contributed by atoms with Crippen LogP contribution in [0.25, 0.3) is 11.0 Å². The number of carboxylic acid groups (broad SMARTS) is 1. The minimum absolute atomic E-state index is 0.112. The molecule has 1 aromatic carbocycles. The fourth-order valence-electron chi connectivity index (χ4n) is 2.37. The maximum Gasteiger partial charge on any atom is 0.337 e. The van der Waals surface area contributed by atoms with Crippen LogP contribution in [0.4, 0.5) is 0 Å². The highest BCUT2D eigenvalue weighted by molar-refractivity contribution is 6.01. The van der Waals surface area contributed by atoms with Crippen LogP contribution in [0.15, 0.2) is 18.2 Å². The Morgan fingerprint density at radius 1 is 1.47 bits per heavy atom. The number of carbonyl (C=O) groups excluding carboxylic acids is 1. The van der Waals surface area contributed by atoms with Crippen LogP contribution in [-0.2, 0) is 4.79 Å². The lowest BCUT2D eigenvalue weighted by Crippen LogP contribution is -2.38. The van der Waals surface area contributed by atoms with Crippen molar-refractivity contribution in [2.75, 3.05) is 6.54 Å². The second-order valence-corrected chi connectivity index (χ2v) is 4.46. The zero-order valence-electron chi connectivity index (χ0n) is 10.0. The standard InChI is InChI=1S/C12H12N4O3/c17-11-9(5-2-6-13-11)16-10-7(12(18)19)3-1-4-8(10)14-15-16/h1,3-4,9H,2,5-6H2,(H,13,17)(H,18,19). The average molecular weight is 260 g/mol. The summed E-state index contributed by atoms with van der Waals surface area (Å²) in [4.78, 5) is 23.1. The highest BCUT2D eigenvalue weighted by Crippen LogP contribution is 2.24. The van der Waals surface area contributed by atoms with E-state index in [1.54, 1.807) is 12.1 Å². The summed E-state index contributed by atoms with van der Waals surface area (Å²) in [5, 5.41) is 19.9. The lowest BCUT2D eigenvalue weighted by atomic mass is 10.1. The van der Waals surface area contributed by atoms with Crippen LogP contribution in [0.2, 0.25) is 0 Å². The van der Waals surface area contributed by atoms with E-state index in [0.29, 0.717) is 24.0 Å². The molecule has 2 heterocycles. The molecular formula is C12H12N4O3. The summed E-state index contributed by atoms with van der Waals surface area (Å²) in [6, 6.07) is 4.31. The number of rotatable bonds is 2. The fraction of sp³-hybridized carbons (Fsp3) is 0.333. The van der Waals surface area contributed by atoms with Crippen molar-refractivity contribution in [1.29, 1.82) is 0 Å². The van der Waals surface area contributed by atoms with E-state index in [2.05, 4.69) is 15.6 Å². The first-order valence-electron chi connectivity index (χ1n) is 6.03. The van der Waals surface area contributed by atoms with Crippen LogP contribution in [0.5, 0.6) is 0 Å². The van der Waals surface area contributed by atoms with E-state index in [0.717, 1.165) is 6.42 Å². The Balaban J connectivity index is 2.18. The molecule has 1 aliphatic rings. The number of fused-ring (bicyclic) bond motifs is 1. The van der Waals surface area contributed by atoms with Gasteiger partial charge < -0.3 is 10.4 Å². The number of para-hydroxylation sites is 1. The van der Waals surface area contributed by atoms with Gasteiger partial charge >= 0.3 is 5.97 Å². The van der Waals surface area contributed by atoms with Gasteiger partial charge in [0.1, 0.15) is 17.1 Å². The average Bonchev–Trinajstić information content (AvgIpc) is 2.82. The number of benzene rings is 1. The zero-order chi connectivity index (χ0) is 13.4. The van der Waals surface area contributed by atoms with Crippen molar-refractivity contribution in [1.82, 2.24) is 20.3 Å². The van der Waals surface area contributed by atoms with E-state index in [9.17, 15) is 14.7 Å². The molecule has 98 valence electrons. The second kappa shape index (κ2) is 4.34. The Kier molecular flexibility index (Phi) is 2.66. The first-order valence-corrected chi connectivity index (χ1v) is 6.03. The third kappa shape index (κ3) is 1.83. The first kappa shape index (κ1) is 11.6. The predicted octanol–water partition coefficient (Wildman–Crippen LogP) is 0.581. The zero-order valence-corrected chi connectivity index (χ0v) is 10.0. The molecule has 1 atom stereocenters. The first-order chi connectivity index (χ1) is 9.18. The Labute approximate surface area is 108 Å². The van der Waals surface area contributed by atoms with E-state index in [1.165, 1.54) is 10.7 Å². The smallest absolute Gasteiger partial charge is 0.337 e. The second-order valence-electron chi connectivity index (χ2n) is 4.46. The summed E-state index contributed by atoms with van der Waals surface area (Å²) < 4.78 is 1.42. The molecule has 7 heteroatoms. The maximum atomic E-state index is 11.9. The molecule has 3 rings (SSSR count). The summed E-state index contributed by atoms with van der Waals surface area (Å²) in [7, 11) is 0.